The number of hydrogen-bond acceptors (Lipinski definition) is 6. The van der Waals surface area contributed by atoms with Crippen LogP contribution in [0.25, 0.3) is 0 Å². The first-order valence-corrected chi connectivity index (χ1v) is 9.91. The van der Waals surface area contributed by atoms with Gasteiger partial charge in [-0.3, -0.25) is 4.79 Å². The number of carbonyl (C=O) groups excluding carboxylic acids is 1. The minimum Gasteiger partial charge on any atom is -0.494 e. The largest absolute Gasteiger partial charge is 0.494 e. The van der Waals surface area contributed by atoms with Gasteiger partial charge in [-0.2, -0.15) is 0 Å². The van der Waals surface area contributed by atoms with E-state index in [2.05, 4.69) is 12.2 Å². The van der Waals surface area contributed by atoms with Crippen LogP contribution in [0, 0.1) is 0 Å². The maximum absolute atomic E-state index is 10.6. The molecule has 1 rings (SSSR count). The van der Waals surface area contributed by atoms with Gasteiger partial charge >= 0.3 is 0 Å². The second-order valence-corrected chi connectivity index (χ2v) is 5.59. The molecule has 1 aromatic rings. The molecule has 6 heteroatoms. The van der Waals surface area contributed by atoms with E-state index in [0.717, 1.165) is 30.8 Å². The summed E-state index contributed by atoms with van der Waals surface area (Å²) in [7, 11) is 0. The zero-order valence-electron chi connectivity index (χ0n) is 17.4. The minimum absolute atomic E-state index is 0. The monoisotopic (exact) mass is 385 g/mol. The van der Waals surface area contributed by atoms with Gasteiger partial charge in [0.25, 0.3) is 0 Å². The molecule has 0 aromatic heterocycles. The molecule has 158 valence electrons. The zero-order chi connectivity index (χ0) is 20.2. The molecule has 27 heavy (non-hydrogen) atoms. The topological polar surface area (TPSA) is 66.0 Å². The predicted molar refractivity (Wildman–Crippen MR) is 112 cm³/mol. The highest BCUT2D eigenvalue weighted by Crippen LogP contribution is 2.15. The number of Topliss-reactive ketones (excluding diaryl/α,β-unsaturated/α-hetero) is 1. The summed E-state index contributed by atoms with van der Waals surface area (Å²) in [6.45, 7) is 12.1. The van der Waals surface area contributed by atoms with Crippen molar-refractivity contribution in [3.63, 3.8) is 0 Å². The molecule has 0 aliphatic rings. The molecule has 0 saturated heterocycles. The quantitative estimate of drug-likeness (QED) is 0.431. The predicted octanol–water partition coefficient (Wildman–Crippen LogP) is 4.19. The molecule has 0 saturated carbocycles. The Morgan fingerprint density at radius 1 is 0.889 bits per heavy atom. The highest BCUT2D eigenvalue weighted by Gasteiger charge is 1.96. The van der Waals surface area contributed by atoms with Crippen LogP contribution in [0.2, 0.25) is 0 Å². The van der Waals surface area contributed by atoms with E-state index < -0.39 is 0 Å². The third-order valence-corrected chi connectivity index (χ3v) is 3.24. The molecule has 0 heterocycles. The van der Waals surface area contributed by atoms with Crippen molar-refractivity contribution in [2.75, 3.05) is 58.1 Å². The number of nitrogens with one attached hydrogen (secondary N) is 1. The average molecular weight is 386 g/mol. The first kappa shape index (κ1) is 25.4. The molecule has 0 fully saturated rings. The number of hydrogen-bond donors (Lipinski definition) is 1. The van der Waals surface area contributed by atoms with Crippen molar-refractivity contribution in [3.8, 4) is 5.75 Å². The Hall–Kier alpha value is -1.63. The Morgan fingerprint density at radius 3 is 2.04 bits per heavy atom. The van der Waals surface area contributed by atoms with E-state index in [9.17, 15) is 4.79 Å². The lowest BCUT2D eigenvalue weighted by Crippen LogP contribution is -2.12. The van der Waals surface area contributed by atoms with Gasteiger partial charge in [-0.1, -0.05) is 13.8 Å². The number of ether oxygens (including phenoxy) is 4. The molecular weight excluding hydrogens is 346 g/mol. The minimum atomic E-state index is 0. The second kappa shape index (κ2) is 19.1. The number of carbonyl (C=O) groups is 1. The summed E-state index contributed by atoms with van der Waals surface area (Å²) >= 11 is 0. The van der Waals surface area contributed by atoms with Crippen LogP contribution in [-0.2, 0) is 19.0 Å². The number of anilines is 1. The summed E-state index contributed by atoms with van der Waals surface area (Å²) in [6.07, 6.45) is 1.91. The van der Waals surface area contributed by atoms with E-state index in [1.54, 1.807) is 0 Å². The van der Waals surface area contributed by atoms with E-state index in [4.69, 9.17) is 18.9 Å². The van der Waals surface area contributed by atoms with Gasteiger partial charge in [0.1, 0.15) is 12.4 Å². The molecule has 0 aliphatic heterocycles. The first-order chi connectivity index (χ1) is 13.2. The molecule has 0 amide bonds. The molecule has 0 atom stereocenters. The highest BCUT2D eigenvalue weighted by atomic mass is 16.5. The summed E-state index contributed by atoms with van der Waals surface area (Å²) in [5.74, 6) is 0.917. The zero-order valence-corrected chi connectivity index (χ0v) is 17.4. The van der Waals surface area contributed by atoms with E-state index in [-0.39, 0.29) is 13.8 Å². The van der Waals surface area contributed by atoms with E-state index in [1.165, 1.54) is 6.92 Å². The Balaban J connectivity index is 0. The van der Waals surface area contributed by atoms with Crippen LogP contribution in [0.4, 0.5) is 5.69 Å². The third-order valence-electron chi connectivity index (χ3n) is 3.24. The fraction of sp³-hybridized carbons (Fsp3) is 0.667. The summed E-state index contributed by atoms with van der Waals surface area (Å²) in [4.78, 5) is 10.6. The number of rotatable bonds is 16. The fourth-order valence-corrected chi connectivity index (χ4v) is 2.03. The van der Waals surface area contributed by atoms with Gasteiger partial charge in [0.2, 0.25) is 0 Å². The smallest absolute Gasteiger partial charge is 0.155 e. The van der Waals surface area contributed by atoms with Gasteiger partial charge in [0.05, 0.1) is 33.0 Å². The Bertz CT molecular complexity index is 457. The summed E-state index contributed by atoms with van der Waals surface area (Å²) in [5.41, 5.74) is 1.11. The molecular formula is C21H39NO5. The lowest BCUT2D eigenvalue weighted by atomic mass is 10.3. The average Bonchev–Trinajstić information content (AvgIpc) is 2.68. The maximum atomic E-state index is 10.6. The molecule has 0 unspecified atom stereocenters. The number of benzene rings is 1. The molecule has 0 radical (unpaired) electrons. The van der Waals surface area contributed by atoms with Gasteiger partial charge in [-0.05, 0) is 51.0 Å². The van der Waals surface area contributed by atoms with Crippen molar-refractivity contribution >= 4 is 11.5 Å². The van der Waals surface area contributed by atoms with Crippen molar-refractivity contribution < 1.29 is 25.2 Å². The third kappa shape index (κ3) is 16.3. The van der Waals surface area contributed by atoms with Crippen molar-refractivity contribution in [2.24, 2.45) is 0 Å². The number of ketones is 1. The molecule has 6 nitrogen and oxygen atoms in total. The van der Waals surface area contributed by atoms with Crippen molar-refractivity contribution in [1.82, 2.24) is 0 Å². The second-order valence-electron chi connectivity index (χ2n) is 5.59. The summed E-state index contributed by atoms with van der Waals surface area (Å²) in [6, 6.07) is 8.00. The summed E-state index contributed by atoms with van der Waals surface area (Å²) < 4.78 is 21.6. The van der Waals surface area contributed by atoms with E-state index >= 15 is 0 Å². The van der Waals surface area contributed by atoms with Crippen LogP contribution < -0.4 is 10.1 Å². The van der Waals surface area contributed by atoms with Gasteiger partial charge in [-0.15, -0.1) is 0 Å². The van der Waals surface area contributed by atoms with Crippen molar-refractivity contribution in [3.05, 3.63) is 24.3 Å². The maximum Gasteiger partial charge on any atom is 0.155 e. The van der Waals surface area contributed by atoms with Crippen molar-refractivity contribution in [1.29, 1.82) is 0 Å². The van der Waals surface area contributed by atoms with Crippen LogP contribution in [0.1, 0.15) is 42.0 Å². The summed E-state index contributed by atoms with van der Waals surface area (Å²) in [5, 5.41) is 3.25. The lowest BCUT2D eigenvalue weighted by molar-refractivity contribution is -0.122. The van der Waals surface area contributed by atoms with Gasteiger partial charge in [0.15, 0.2) is 5.78 Å². The Labute approximate surface area is 166 Å². The molecule has 1 N–H and O–H groups in total. The van der Waals surface area contributed by atoms with Crippen LogP contribution in [0.5, 0.6) is 5.75 Å². The highest BCUT2D eigenvalue weighted by molar-refractivity contribution is 5.76. The Morgan fingerprint density at radius 2 is 1.44 bits per heavy atom. The Kier molecular flexibility index (Phi) is 18.0. The van der Waals surface area contributed by atoms with E-state index in [0.29, 0.717) is 39.6 Å². The van der Waals surface area contributed by atoms with Crippen LogP contribution in [-0.4, -0.2) is 58.6 Å². The fourth-order valence-electron chi connectivity index (χ4n) is 2.03. The van der Waals surface area contributed by atoms with E-state index in [1.807, 2.05) is 38.1 Å². The van der Waals surface area contributed by atoms with Crippen molar-refractivity contribution in [2.45, 2.75) is 40.5 Å². The number of unbranched alkanes of at least 4 members (excludes halogenated alkanes) is 1. The SMILES string of the molecule is CC.CCNc1ccc(OCCCCOCCOCCOCC(C)=O)cc1.[HH]. The normalized spacial score (nSPS) is 10.1. The standard InChI is InChI=1S/C19H31NO5.C2H6.H2/c1-3-20-18-6-8-19(9-7-18)25-11-5-4-10-22-12-13-23-14-15-24-16-17(2)21;1-2;/h6-9,20H,3-5,10-16H2,1-2H3;1-2H3;1H. The van der Waals surface area contributed by atoms with Crippen LogP contribution in [0.3, 0.4) is 0 Å². The molecule has 1 aromatic carbocycles. The van der Waals surface area contributed by atoms with Gasteiger partial charge in [0, 0.05) is 20.3 Å². The first-order valence-electron chi connectivity index (χ1n) is 9.91. The van der Waals surface area contributed by atoms with Crippen LogP contribution >= 0.6 is 0 Å². The van der Waals surface area contributed by atoms with Gasteiger partial charge < -0.3 is 24.3 Å². The van der Waals surface area contributed by atoms with Crippen LogP contribution in [0.15, 0.2) is 24.3 Å². The molecule has 0 aliphatic carbocycles. The molecule has 0 spiro atoms. The molecule has 0 bridgehead atoms. The van der Waals surface area contributed by atoms with Gasteiger partial charge in [-0.25, -0.2) is 0 Å². The lowest BCUT2D eigenvalue weighted by Gasteiger charge is -2.08.